The number of rotatable bonds is 1. The second kappa shape index (κ2) is 3.90. The SMILES string of the molecule is CC1CN(c2cnc(N)cn2)CC(C)(C)O1. The average Bonchev–Trinajstić information content (AvgIpc) is 2.15. The van der Waals surface area contributed by atoms with Gasteiger partial charge in [-0.2, -0.15) is 0 Å². The van der Waals surface area contributed by atoms with E-state index in [1.54, 1.807) is 12.4 Å². The summed E-state index contributed by atoms with van der Waals surface area (Å²) in [7, 11) is 0. The Kier molecular flexibility index (Phi) is 2.71. The van der Waals surface area contributed by atoms with Gasteiger partial charge in [0.2, 0.25) is 0 Å². The highest BCUT2D eigenvalue weighted by molar-refractivity contribution is 5.40. The van der Waals surface area contributed by atoms with E-state index in [-0.39, 0.29) is 11.7 Å². The van der Waals surface area contributed by atoms with E-state index in [4.69, 9.17) is 10.5 Å². The van der Waals surface area contributed by atoms with Crippen LogP contribution in [0.5, 0.6) is 0 Å². The molecule has 5 nitrogen and oxygen atoms in total. The fraction of sp³-hybridized carbons (Fsp3) is 0.636. The van der Waals surface area contributed by atoms with Gasteiger partial charge in [-0.3, -0.25) is 0 Å². The van der Waals surface area contributed by atoms with Crippen LogP contribution in [0.3, 0.4) is 0 Å². The molecule has 2 rings (SSSR count). The standard InChI is InChI=1S/C11H18N4O/c1-8-6-15(7-11(2,3)16-8)10-5-13-9(12)4-14-10/h4-5,8H,6-7H2,1-3H3,(H2,12,13). The molecule has 16 heavy (non-hydrogen) atoms. The van der Waals surface area contributed by atoms with Gasteiger partial charge in [-0.15, -0.1) is 0 Å². The maximum atomic E-state index is 5.83. The highest BCUT2D eigenvalue weighted by atomic mass is 16.5. The lowest BCUT2D eigenvalue weighted by molar-refractivity contribution is -0.0751. The smallest absolute Gasteiger partial charge is 0.147 e. The second-order valence-corrected chi connectivity index (χ2v) is 4.87. The van der Waals surface area contributed by atoms with Crippen LogP contribution in [0.25, 0.3) is 0 Å². The van der Waals surface area contributed by atoms with Gasteiger partial charge in [0.25, 0.3) is 0 Å². The molecular weight excluding hydrogens is 204 g/mol. The van der Waals surface area contributed by atoms with Crippen LogP contribution >= 0.6 is 0 Å². The Morgan fingerprint density at radius 2 is 2.19 bits per heavy atom. The van der Waals surface area contributed by atoms with Crippen LogP contribution in [0.2, 0.25) is 0 Å². The van der Waals surface area contributed by atoms with Crippen LogP contribution in [0.1, 0.15) is 20.8 Å². The molecule has 1 aliphatic heterocycles. The number of hydrogen-bond donors (Lipinski definition) is 1. The molecule has 88 valence electrons. The first-order valence-electron chi connectivity index (χ1n) is 5.46. The molecule has 0 amide bonds. The molecule has 1 saturated heterocycles. The maximum absolute atomic E-state index is 5.83. The highest BCUT2D eigenvalue weighted by Gasteiger charge is 2.31. The Morgan fingerprint density at radius 1 is 1.44 bits per heavy atom. The third-order valence-electron chi connectivity index (χ3n) is 2.55. The van der Waals surface area contributed by atoms with E-state index in [2.05, 4.69) is 35.6 Å². The quantitative estimate of drug-likeness (QED) is 0.769. The molecule has 1 fully saturated rings. The maximum Gasteiger partial charge on any atom is 0.147 e. The summed E-state index contributed by atoms with van der Waals surface area (Å²) in [5, 5.41) is 0. The second-order valence-electron chi connectivity index (χ2n) is 4.87. The van der Waals surface area contributed by atoms with Gasteiger partial charge in [-0.05, 0) is 20.8 Å². The number of nitrogens with zero attached hydrogens (tertiary/aromatic N) is 3. The van der Waals surface area contributed by atoms with Crippen molar-refractivity contribution in [3.8, 4) is 0 Å². The van der Waals surface area contributed by atoms with Gasteiger partial charge in [-0.1, -0.05) is 0 Å². The molecular formula is C11H18N4O. The Balaban J connectivity index is 2.17. The molecule has 1 aromatic heterocycles. The van der Waals surface area contributed by atoms with E-state index in [0.29, 0.717) is 5.82 Å². The number of hydrogen-bond acceptors (Lipinski definition) is 5. The van der Waals surface area contributed by atoms with Crippen molar-refractivity contribution < 1.29 is 4.74 Å². The molecule has 0 saturated carbocycles. The Bertz CT molecular complexity index is 363. The number of morpholine rings is 1. The van der Waals surface area contributed by atoms with Crippen molar-refractivity contribution in [2.24, 2.45) is 0 Å². The molecule has 1 aromatic rings. The minimum absolute atomic E-state index is 0.152. The van der Waals surface area contributed by atoms with Crippen molar-refractivity contribution in [2.75, 3.05) is 23.7 Å². The number of aromatic nitrogens is 2. The normalized spacial score (nSPS) is 24.4. The van der Waals surface area contributed by atoms with Crippen molar-refractivity contribution in [1.82, 2.24) is 9.97 Å². The van der Waals surface area contributed by atoms with Crippen molar-refractivity contribution >= 4 is 11.6 Å². The summed E-state index contributed by atoms with van der Waals surface area (Å²) >= 11 is 0. The van der Waals surface area contributed by atoms with Crippen LogP contribution in [0.4, 0.5) is 11.6 Å². The lowest BCUT2D eigenvalue weighted by Gasteiger charge is -2.42. The van der Waals surface area contributed by atoms with E-state index < -0.39 is 0 Å². The van der Waals surface area contributed by atoms with E-state index in [0.717, 1.165) is 18.9 Å². The number of ether oxygens (including phenoxy) is 1. The van der Waals surface area contributed by atoms with Crippen LogP contribution in [-0.4, -0.2) is 34.8 Å². The van der Waals surface area contributed by atoms with Crippen molar-refractivity contribution in [3.63, 3.8) is 0 Å². The zero-order valence-electron chi connectivity index (χ0n) is 9.97. The number of anilines is 2. The Labute approximate surface area is 95.6 Å². The molecule has 1 atom stereocenters. The summed E-state index contributed by atoms with van der Waals surface area (Å²) < 4.78 is 5.83. The van der Waals surface area contributed by atoms with Crippen molar-refractivity contribution in [2.45, 2.75) is 32.5 Å². The minimum atomic E-state index is -0.152. The minimum Gasteiger partial charge on any atom is -0.382 e. The molecule has 0 aliphatic carbocycles. The summed E-state index contributed by atoms with van der Waals surface area (Å²) in [4.78, 5) is 10.5. The summed E-state index contributed by atoms with van der Waals surface area (Å²) in [6.45, 7) is 7.89. The van der Waals surface area contributed by atoms with E-state index in [1.807, 2.05) is 0 Å². The Morgan fingerprint density at radius 3 is 2.75 bits per heavy atom. The fourth-order valence-electron chi connectivity index (χ4n) is 2.12. The van der Waals surface area contributed by atoms with Gasteiger partial charge >= 0.3 is 0 Å². The summed E-state index contributed by atoms with van der Waals surface area (Å²) in [6.07, 6.45) is 3.49. The van der Waals surface area contributed by atoms with Gasteiger partial charge in [0, 0.05) is 13.1 Å². The molecule has 2 N–H and O–H groups in total. The Hall–Kier alpha value is -1.36. The first-order valence-corrected chi connectivity index (χ1v) is 5.46. The van der Waals surface area contributed by atoms with Crippen molar-refractivity contribution in [3.05, 3.63) is 12.4 Å². The van der Waals surface area contributed by atoms with Gasteiger partial charge < -0.3 is 15.4 Å². The predicted octanol–water partition coefficient (Wildman–Crippen LogP) is 1.06. The van der Waals surface area contributed by atoms with Crippen LogP contribution in [0.15, 0.2) is 12.4 Å². The molecule has 0 bridgehead atoms. The zero-order chi connectivity index (χ0) is 11.8. The van der Waals surface area contributed by atoms with E-state index in [1.165, 1.54) is 0 Å². The van der Waals surface area contributed by atoms with Gasteiger partial charge in [0.05, 0.1) is 24.1 Å². The first kappa shape index (κ1) is 11.1. The van der Waals surface area contributed by atoms with Crippen LogP contribution in [0, 0.1) is 0 Å². The zero-order valence-corrected chi connectivity index (χ0v) is 9.97. The third kappa shape index (κ3) is 2.41. The molecule has 0 aromatic carbocycles. The fourth-order valence-corrected chi connectivity index (χ4v) is 2.12. The first-order chi connectivity index (χ1) is 7.46. The van der Waals surface area contributed by atoms with Crippen LogP contribution in [-0.2, 0) is 4.74 Å². The molecule has 0 spiro atoms. The molecule has 0 radical (unpaired) electrons. The largest absolute Gasteiger partial charge is 0.382 e. The summed E-state index contributed by atoms with van der Waals surface area (Å²) in [5.74, 6) is 1.31. The lowest BCUT2D eigenvalue weighted by Crippen LogP contribution is -2.52. The van der Waals surface area contributed by atoms with E-state index >= 15 is 0 Å². The highest BCUT2D eigenvalue weighted by Crippen LogP contribution is 2.24. The van der Waals surface area contributed by atoms with Crippen LogP contribution < -0.4 is 10.6 Å². The predicted molar refractivity (Wildman–Crippen MR) is 63.3 cm³/mol. The molecule has 1 unspecified atom stereocenters. The van der Waals surface area contributed by atoms with Gasteiger partial charge in [-0.25, -0.2) is 9.97 Å². The third-order valence-corrected chi connectivity index (χ3v) is 2.55. The molecule has 5 heteroatoms. The number of nitrogens with two attached hydrogens (primary N) is 1. The monoisotopic (exact) mass is 222 g/mol. The summed E-state index contributed by atoms with van der Waals surface area (Å²) in [6, 6.07) is 0. The average molecular weight is 222 g/mol. The molecule has 2 heterocycles. The lowest BCUT2D eigenvalue weighted by atomic mass is 10.1. The van der Waals surface area contributed by atoms with E-state index in [9.17, 15) is 0 Å². The van der Waals surface area contributed by atoms with Gasteiger partial charge in [0.1, 0.15) is 11.6 Å². The van der Waals surface area contributed by atoms with Gasteiger partial charge in [0.15, 0.2) is 0 Å². The molecule has 1 aliphatic rings. The topological polar surface area (TPSA) is 64.3 Å². The van der Waals surface area contributed by atoms with Crippen molar-refractivity contribution in [1.29, 1.82) is 0 Å². The summed E-state index contributed by atoms with van der Waals surface area (Å²) in [5.41, 5.74) is 5.37. The number of nitrogen functional groups attached to an aromatic ring is 1.